The molecule has 0 rings (SSSR count). The number of carboxylic acid groups (broad SMARTS) is 1. The number of nitrogens with zero attached hydrogens (tertiary/aromatic N) is 1. The molecule has 0 fully saturated rings. The Hall–Kier alpha value is 0.576. The molecule has 0 spiro atoms. The molecule has 0 aliphatic heterocycles. The van der Waals surface area contributed by atoms with Crippen LogP contribution in [0.5, 0.6) is 0 Å². The van der Waals surface area contributed by atoms with E-state index in [4.69, 9.17) is 5.11 Å². The van der Waals surface area contributed by atoms with Crippen LogP contribution >= 0.6 is 0 Å². The van der Waals surface area contributed by atoms with Gasteiger partial charge in [-0.3, -0.25) is 4.79 Å². The van der Waals surface area contributed by atoms with E-state index in [1.54, 1.807) is 14.0 Å². The summed E-state index contributed by atoms with van der Waals surface area (Å²) in [6, 6.07) is -0.736. The fourth-order valence-electron chi connectivity index (χ4n) is 2.50. The van der Waals surface area contributed by atoms with Crippen LogP contribution in [0.3, 0.4) is 0 Å². The first kappa shape index (κ1) is 25.8. The van der Waals surface area contributed by atoms with Crippen LogP contribution in [0, 0.1) is 0 Å². The number of aliphatic carboxylic acids is 1. The Morgan fingerprint density at radius 1 is 0.870 bits per heavy atom. The fraction of sp³-hybridized carbons (Fsp3) is 0.889. The molecule has 0 aromatic carbocycles. The van der Waals surface area contributed by atoms with Gasteiger partial charge in [-0.25, -0.2) is 4.79 Å². The van der Waals surface area contributed by atoms with Crippen LogP contribution < -0.4 is 0 Å². The molecule has 23 heavy (non-hydrogen) atoms. The molecular weight excluding hydrogens is 317 g/mol. The van der Waals surface area contributed by atoms with E-state index in [1.807, 2.05) is 0 Å². The summed E-state index contributed by atoms with van der Waals surface area (Å²) in [5.74, 6) is -1.01. The minimum Gasteiger partial charge on any atom is -0.480 e. The number of unbranched alkanes of at least 4 members (excludes halogenated alkanes) is 10. The molecule has 1 atom stereocenters. The standard InChI is InChI=1S/C18H35NO3.K/c1-4-5-6-7-8-9-10-11-12-13-14-15-17(20)19(3)16(2)18(21)22;/h16H,4-15H2,1-3H3,(H,21,22);/t16-;/m0./s1. The number of carbonyl (C=O) groups excluding carboxylic acids is 1. The summed E-state index contributed by atoms with van der Waals surface area (Å²) in [6.45, 7) is 3.78. The third-order valence-corrected chi connectivity index (χ3v) is 4.33. The smallest absolute Gasteiger partial charge is 0.326 e. The van der Waals surface area contributed by atoms with Crippen molar-refractivity contribution in [2.75, 3.05) is 7.05 Å². The van der Waals surface area contributed by atoms with E-state index in [9.17, 15) is 9.59 Å². The maximum absolute atomic E-state index is 11.8. The predicted octanol–water partition coefficient (Wildman–Crippen LogP) is 4.24. The summed E-state index contributed by atoms with van der Waals surface area (Å²) >= 11 is 0. The van der Waals surface area contributed by atoms with Crippen LogP contribution in [0.4, 0.5) is 0 Å². The van der Waals surface area contributed by atoms with Gasteiger partial charge in [0.2, 0.25) is 5.91 Å². The molecule has 0 aliphatic carbocycles. The van der Waals surface area contributed by atoms with Gasteiger partial charge in [-0.2, -0.15) is 0 Å². The second-order valence-corrected chi connectivity index (χ2v) is 6.30. The minimum atomic E-state index is -0.949. The largest absolute Gasteiger partial charge is 0.480 e. The fourth-order valence-corrected chi connectivity index (χ4v) is 2.50. The van der Waals surface area contributed by atoms with Gasteiger partial charge in [-0.1, -0.05) is 71.1 Å². The Kier molecular flexibility index (Phi) is 19.5. The van der Waals surface area contributed by atoms with E-state index in [-0.39, 0.29) is 57.3 Å². The molecule has 1 radical (unpaired) electrons. The first-order valence-electron chi connectivity index (χ1n) is 8.99. The average molecular weight is 353 g/mol. The maximum Gasteiger partial charge on any atom is 0.326 e. The predicted molar refractivity (Wildman–Crippen MR) is 96.7 cm³/mol. The van der Waals surface area contributed by atoms with Crippen molar-refractivity contribution in [2.24, 2.45) is 0 Å². The quantitative estimate of drug-likeness (QED) is 0.376. The van der Waals surface area contributed by atoms with Crippen molar-refractivity contribution in [1.82, 2.24) is 4.90 Å². The summed E-state index contributed by atoms with van der Waals surface area (Å²) in [5, 5.41) is 8.87. The third kappa shape index (κ3) is 14.6. The van der Waals surface area contributed by atoms with Gasteiger partial charge >= 0.3 is 5.97 Å². The Balaban J connectivity index is 0. The third-order valence-electron chi connectivity index (χ3n) is 4.33. The molecule has 0 saturated carbocycles. The summed E-state index contributed by atoms with van der Waals surface area (Å²) < 4.78 is 0. The summed E-state index contributed by atoms with van der Waals surface area (Å²) in [7, 11) is 1.57. The van der Waals surface area contributed by atoms with Gasteiger partial charge in [0.05, 0.1) is 0 Å². The van der Waals surface area contributed by atoms with Crippen molar-refractivity contribution in [1.29, 1.82) is 0 Å². The number of rotatable bonds is 14. The molecule has 0 bridgehead atoms. The molecule has 0 aliphatic rings. The Bertz CT molecular complexity index is 311. The van der Waals surface area contributed by atoms with Crippen LogP contribution in [0.2, 0.25) is 0 Å². The number of amides is 1. The molecule has 1 amide bonds. The van der Waals surface area contributed by atoms with Crippen molar-refractivity contribution in [2.45, 2.75) is 96.9 Å². The van der Waals surface area contributed by atoms with E-state index in [0.717, 1.165) is 12.8 Å². The Labute approximate surface area is 185 Å². The van der Waals surface area contributed by atoms with Gasteiger partial charge in [0, 0.05) is 64.9 Å². The first-order valence-corrected chi connectivity index (χ1v) is 8.99. The molecule has 0 aromatic rings. The van der Waals surface area contributed by atoms with Crippen molar-refractivity contribution >= 4 is 63.3 Å². The molecule has 5 heteroatoms. The molecule has 0 aromatic heterocycles. The van der Waals surface area contributed by atoms with Gasteiger partial charge in [0.15, 0.2) is 0 Å². The van der Waals surface area contributed by atoms with Crippen LogP contribution in [-0.2, 0) is 9.59 Å². The zero-order valence-corrected chi connectivity index (χ0v) is 18.9. The molecular formula is C18H35KNO3. The first-order chi connectivity index (χ1) is 10.5. The second kappa shape index (κ2) is 17.4. The van der Waals surface area contributed by atoms with Crippen LogP contribution in [-0.4, -0.2) is 86.4 Å². The van der Waals surface area contributed by atoms with E-state index >= 15 is 0 Å². The summed E-state index contributed by atoms with van der Waals surface area (Å²) in [6.07, 6.45) is 14.2. The number of carboxylic acids is 1. The number of carbonyl (C=O) groups is 2. The normalized spacial score (nSPS) is 11.6. The molecule has 0 heterocycles. The maximum atomic E-state index is 11.8. The molecule has 131 valence electrons. The van der Waals surface area contributed by atoms with Gasteiger partial charge in [0.1, 0.15) is 6.04 Å². The van der Waals surface area contributed by atoms with Crippen LogP contribution in [0.15, 0.2) is 0 Å². The number of hydrogen-bond donors (Lipinski definition) is 1. The average Bonchev–Trinajstić information content (AvgIpc) is 2.50. The molecule has 0 saturated heterocycles. The topological polar surface area (TPSA) is 57.6 Å². The van der Waals surface area contributed by atoms with Gasteiger partial charge in [0.25, 0.3) is 0 Å². The monoisotopic (exact) mass is 352 g/mol. The minimum absolute atomic E-state index is 0. The summed E-state index contributed by atoms with van der Waals surface area (Å²) in [5.41, 5.74) is 0. The molecule has 1 N–H and O–H groups in total. The van der Waals surface area contributed by atoms with Crippen molar-refractivity contribution in [3.63, 3.8) is 0 Å². The van der Waals surface area contributed by atoms with E-state index < -0.39 is 12.0 Å². The van der Waals surface area contributed by atoms with Crippen molar-refractivity contribution in [3.05, 3.63) is 0 Å². The van der Waals surface area contributed by atoms with Crippen LogP contribution in [0.1, 0.15) is 90.9 Å². The SMILES string of the molecule is CCCCCCCCCCCCCC(=O)N(C)[C@@H](C)C(=O)O.[K]. The summed E-state index contributed by atoms with van der Waals surface area (Å²) in [4.78, 5) is 24.0. The van der Waals surface area contributed by atoms with Crippen molar-refractivity contribution in [3.8, 4) is 0 Å². The number of likely N-dealkylation sites (N-methyl/N-ethyl adjacent to an activating group) is 1. The van der Waals surface area contributed by atoms with Gasteiger partial charge in [-0.05, 0) is 13.3 Å². The Morgan fingerprint density at radius 3 is 1.65 bits per heavy atom. The van der Waals surface area contributed by atoms with Crippen LogP contribution in [0.25, 0.3) is 0 Å². The van der Waals surface area contributed by atoms with E-state index in [2.05, 4.69) is 6.92 Å². The van der Waals surface area contributed by atoms with Gasteiger partial charge in [-0.15, -0.1) is 0 Å². The molecule has 4 nitrogen and oxygen atoms in total. The Morgan fingerprint density at radius 2 is 1.26 bits per heavy atom. The second-order valence-electron chi connectivity index (χ2n) is 6.30. The zero-order chi connectivity index (χ0) is 16.8. The molecule has 0 unspecified atom stereocenters. The van der Waals surface area contributed by atoms with E-state index in [0.29, 0.717) is 6.42 Å². The van der Waals surface area contributed by atoms with Crippen molar-refractivity contribution < 1.29 is 14.7 Å². The van der Waals surface area contributed by atoms with Gasteiger partial charge < -0.3 is 10.0 Å². The zero-order valence-electron chi connectivity index (χ0n) is 15.8. The number of hydrogen-bond acceptors (Lipinski definition) is 2. The van der Waals surface area contributed by atoms with E-state index in [1.165, 1.54) is 62.7 Å².